The molecule has 0 aromatic rings. The van der Waals surface area contributed by atoms with Crippen molar-refractivity contribution in [1.29, 1.82) is 0 Å². The molecule has 2 atom stereocenters. The van der Waals surface area contributed by atoms with Crippen LogP contribution in [0.2, 0.25) is 0 Å². The highest BCUT2D eigenvalue weighted by Crippen LogP contribution is 2.19. The Morgan fingerprint density at radius 1 is 0.368 bits per heavy atom. The highest BCUT2D eigenvalue weighted by Gasteiger charge is 2.20. The van der Waals surface area contributed by atoms with Gasteiger partial charge >= 0.3 is 5.97 Å². The number of aliphatic hydroxyl groups is 2. The average molecular weight is 1070 g/mol. The van der Waals surface area contributed by atoms with Gasteiger partial charge in [-0.05, 0) is 57.8 Å². The summed E-state index contributed by atoms with van der Waals surface area (Å²) in [5, 5.41) is 23.2. The van der Waals surface area contributed by atoms with Crippen LogP contribution in [0.5, 0.6) is 0 Å². The number of esters is 1. The molecule has 0 aromatic carbocycles. The van der Waals surface area contributed by atoms with Crippen LogP contribution in [0, 0.1) is 0 Å². The molecule has 0 aromatic heterocycles. The summed E-state index contributed by atoms with van der Waals surface area (Å²) in [5.74, 6) is -0.0147. The predicted molar refractivity (Wildman–Crippen MR) is 333 cm³/mol. The normalized spacial score (nSPS) is 12.6. The predicted octanol–water partition coefficient (Wildman–Crippen LogP) is 22.1. The van der Waals surface area contributed by atoms with Gasteiger partial charge in [-0.1, -0.05) is 340 Å². The minimum Gasteiger partial charge on any atom is -0.466 e. The second kappa shape index (κ2) is 65.9. The number of carbonyl (C=O) groups excluding carboxylic acids is 2. The van der Waals surface area contributed by atoms with Crippen LogP contribution in [0.25, 0.3) is 0 Å². The third-order valence-electron chi connectivity index (χ3n) is 16.3. The Labute approximate surface area is 475 Å². The van der Waals surface area contributed by atoms with E-state index in [1.54, 1.807) is 0 Å². The van der Waals surface area contributed by atoms with Crippen LogP contribution in [0.4, 0.5) is 0 Å². The molecule has 2 unspecified atom stereocenters. The number of carbonyl (C=O) groups is 2. The van der Waals surface area contributed by atoms with E-state index in [9.17, 15) is 19.8 Å². The summed E-state index contributed by atoms with van der Waals surface area (Å²) in [6.07, 6.45) is 82.3. The van der Waals surface area contributed by atoms with E-state index in [0.717, 1.165) is 44.9 Å². The van der Waals surface area contributed by atoms with Gasteiger partial charge in [0.1, 0.15) is 0 Å². The van der Waals surface area contributed by atoms with Crippen molar-refractivity contribution in [2.24, 2.45) is 0 Å². The number of aliphatic hydroxyl groups excluding tert-OH is 2. The number of hydrogen-bond donors (Lipinski definition) is 3. The maximum absolute atomic E-state index is 12.5. The highest BCUT2D eigenvalue weighted by molar-refractivity contribution is 5.76. The number of hydrogen-bond acceptors (Lipinski definition) is 5. The topological polar surface area (TPSA) is 95.9 Å². The number of unbranched alkanes of at least 4 members (excludes halogenated alkanes) is 50. The highest BCUT2D eigenvalue weighted by atomic mass is 16.5. The molecule has 1 amide bonds. The second-order valence-electron chi connectivity index (χ2n) is 23.9. The summed E-state index contributed by atoms with van der Waals surface area (Å²) in [6.45, 7) is 4.97. The smallest absolute Gasteiger partial charge is 0.305 e. The largest absolute Gasteiger partial charge is 0.466 e. The van der Waals surface area contributed by atoms with Gasteiger partial charge in [-0.25, -0.2) is 0 Å². The summed E-state index contributed by atoms with van der Waals surface area (Å²) in [6, 6.07) is -0.538. The van der Waals surface area contributed by atoms with Crippen molar-refractivity contribution in [3.8, 4) is 0 Å². The first-order valence-corrected chi connectivity index (χ1v) is 34.6. The Morgan fingerprint density at radius 2 is 0.658 bits per heavy atom. The van der Waals surface area contributed by atoms with Crippen molar-refractivity contribution in [3.63, 3.8) is 0 Å². The van der Waals surface area contributed by atoms with Gasteiger partial charge in [-0.3, -0.25) is 9.59 Å². The quantitative estimate of drug-likeness (QED) is 0.0320. The van der Waals surface area contributed by atoms with Crippen LogP contribution in [-0.4, -0.2) is 47.4 Å². The first-order valence-electron chi connectivity index (χ1n) is 34.6. The van der Waals surface area contributed by atoms with Crippen LogP contribution in [0.15, 0.2) is 24.3 Å². The van der Waals surface area contributed by atoms with Gasteiger partial charge in [-0.2, -0.15) is 0 Å². The monoisotopic (exact) mass is 1070 g/mol. The summed E-state index contributed by atoms with van der Waals surface area (Å²) >= 11 is 0. The Kier molecular flexibility index (Phi) is 64.4. The van der Waals surface area contributed by atoms with Crippen molar-refractivity contribution in [2.75, 3.05) is 13.2 Å². The third-order valence-corrected chi connectivity index (χ3v) is 16.3. The van der Waals surface area contributed by atoms with Gasteiger partial charge in [0.15, 0.2) is 0 Å². The molecule has 0 aliphatic carbocycles. The molecule has 450 valence electrons. The van der Waals surface area contributed by atoms with Gasteiger partial charge in [0.2, 0.25) is 5.91 Å². The summed E-state index contributed by atoms with van der Waals surface area (Å²) in [4.78, 5) is 24.5. The lowest BCUT2D eigenvalue weighted by Gasteiger charge is -2.22. The van der Waals surface area contributed by atoms with E-state index in [1.165, 1.54) is 308 Å². The van der Waals surface area contributed by atoms with E-state index in [1.807, 2.05) is 0 Å². The minimum atomic E-state index is -0.661. The molecule has 0 bridgehead atoms. The Balaban J connectivity index is 3.35. The maximum atomic E-state index is 12.5. The maximum Gasteiger partial charge on any atom is 0.305 e. The molecule has 0 fully saturated rings. The van der Waals surface area contributed by atoms with Gasteiger partial charge in [-0.15, -0.1) is 0 Å². The molecule has 0 heterocycles. The third kappa shape index (κ3) is 61.6. The molecule has 76 heavy (non-hydrogen) atoms. The molecule has 0 radical (unpaired) electrons. The SMILES string of the molecule is CCCCCCCCCCCCCCCCC(=O)OCCCCCCCCCCC/C=C\C/C=C\CCCCCCCCCCCCCCCCCCCC(=O)NC(CO)C(O)CCCCCCCCCCCCCC. The van der Waals surface area contributed by atoms with Crippen LogP contribution >= 0.6 is 0 Å². The van der Waals surface area contributed by atoms with Gasteiger partial charge in [0.25, 0.3) is 0 Å². The first-order chi connectivity index (χ1) is 37.5. The Morgan fingerprint density at radius 3 is 1.00 bits per heavy atom. The second-order valence-corrected chi connectivity index (χ2v) is 23.9. The van der Waals surface area contributed by atoms with Gasteiger partial charge in [0.05, 0.1) is 25.4 Å². The van der Waals surface area contributed by atoms with E-state index in [0.29, 0.717) is 25.9 Å². The van der Waals surface area contributed by atoms with Crippen molar-refractivity contribution in [2.45, 2.75) is 398 Å². The molecule has 0 saturated heterocycles. The standard InChI is InChI=1S/C70H135NO5/c1-3-5-7-9-11-13-15-17-40-44-48-52-56-60-64-70(75)76-65-61-57-53-49-45-41-38-36-34-32-30-28-26-24-22-20-18-19-21-23-25-27-29-31-33-35-37-39-43-47-51-55-59-63-69(74)71-67(66-72)68(73)62-58-54-50-46-42-16-14-12-10-8-6-4-2/h22,24,28,30,67-68,72-73H,3-21,23,25-27,29,31-66H2,1-2H3,(H,71,74)/b24-22-,30-28-. The number of rotatable bonds is 65. The molecule has 6 nitrogen and oxygen atoms in total. The number of nitrogens with one attached hydrogen (secondary N) is 1. The summed E-state index contributed by atoms with van der Waals surface area (Å²) in [5.41, 5.74) is 0. The van der Waals surface area contributed by atoms with E-state index in [4.69, 9.17) is 4.74 Å². The molecular formula is C70H135NO5. The van der Waals surface area contributed by atoms with Crippen LogP contribution in [-0.2, 0) is 14.3 Å². The number of allylic oxidation sites excluding steroid dienone is 4. The zero-order valence-corrected chi connectivity index (χ0v) is 51.5. The van der Waals surface area contributed by atoms with Crippen LogP contribution in [0.1, 0.15) is 386 Å². The van der Waals surface area contributed by atoms with E-state index in [-0.39, 0.29) is 18.5 Å². The molecule has 0 aliphatic heterocycles. The van der Waals surface area contributed by atoms with E-state index >= 15 is 0 Å². The van der Waals surface area contributed by atoms with E-state index < -0.39 is 12.1 Å². The van der Waals surface area contributed by atoms with E-state index in [2.05, 4.69) is 43.5 Å². The van der Waals surface area contributed by atoms with Gasteiger partial charge in [0, 0.05) is 12.8 Å². The summed E-state index contributed by atoms with van der Waals surface area (Å²) in [7, 11) is 0. The minimum absolute atomic E-state index is 0.0170. The van der Waals surface area contributed by atoms with Crippen LogP contribution in [0.3, 0.4) is 0 Å². The van der Waals surface area contributed by atoms with Crippen molar-refractivity contribution in [1.82, 2.24) is 5.32 Å². The molecule has 0 rings (SSSR count). The average Bonchev–Trinajstić information content (AvgIpc) is 3.42. The molecule has 3 N–H and O–H groups in total. The lowest BCUT2D eigenvalue weighted by molar-refractivity contribution is -0.143. The fourth-order valence-corrected chi connectivity index (χ4v) is 11.0. The zero-order chi connectivity index (χ0) is 55.0. The zero-order valence-electron chi connectivity index (χ0n) is 51.5. The lowest BCUT2D eigenvalue weighted by atomic mass is 10.0. The lowest BCUT2D eigenvalue weighted by Crippen LogP contribution is -2.45. The van der Waals surface area contributed by atoms with Crippen molar-refractivity contribution >= 4 is 11.9 Å². The molecule has 0 aliphatic rings. The van der Waals surface area contributed by atoms with Gasteiger partial charge < -0.3 is 20.3 Å². The first kappa shape index (κ1) is 74.3. The van der Waals surface area contributed by atoms with Crippen molar-refractivity contribution < 1.29 is 24.5 Å². The molecule has 6 heteroatoms. The number of ether oxygens (including phenoxy) is 1. The fraction of sp³-hybridized carbons (Fsp3) is 0.914. The van der Waals surface area contributed by atoms with Crippen LogP contribution < -0.4 is 5.32 Å². The van der Waals surface area contributed by atoms with Crippen molar-refractivity contribution in [3.05, 3.63) is 24.3 Å². The molecular weight excluding hydrogens is 935 g/mol. The summed E-state index contributed by atoms with van der Waals surface area (Å²) < 4.78 is 5.49. The fourth-order valence-electron chi connectivity index (χ4n) is 11.0. The number of amides is 1. The Hall–Kier alpha value is -1.66. The molecule has 0 spiro atoms. The molecule has 0 saturated carbocycles. The Bertz CT molecular complexity index is 1190.